The van der Waals surface area contributed by atoms with Gasteiger partial charge >= 0.3 is 0 Å². The minimum atomic E-state index is -0.146. The van der Waals surface area contributed by atoms with Crippen molar-refractivity contribution in [3.05, 3.63) is 57.0 Å². The van der Waals surface area contributed by atoms with Crippen molar-refractivity contribution in [2.75, 3.05) is 17.2 Å². The van der Waals surface area contributed by atoms with E-state index in [1.54, 1.807) is 18.2 Å². The van der Waals surface area contributed by atoms with Gasteiger partial charge in [0.05, 0.1) is 15.7 Å². The third-order valence-corrected chi connectivity index (χ3v) is 3.86. The summed E-state index contributed by atoms with van der Waals surface area (Å²) >= 11 is 15.4. The zero-order chi connectivity index (χ0) is 15.2. The average Bonchev–Trinajstić information content (AvgIpc) is 2.43. The zero-order valence-corrected chi connectivity index (χ0v) is 14.1. The molecule has 6 heteroatoms. The van der Waals surface area contributed by atoms with E-state index in [1.165, 1.54) is 0 Å². The summed E-state index contributed by atoms with van der Waals surface area (Å²) in [4.78, 5) is 11.9. The normalized spacial score (nSPS) is 10.2. The lowest BCUT2D eigenvalue weighted by molar-refractivity contribution is -0.115. The fourth-order valence-electron chi connectivity index (χ4n) is 1.74. The number of para-hydroxylation sites is 1. The molecule has 110 valence electrons. The first-order valence-corrected chi connectivity index (χ1v) is 7.84. The number of amides is 1. The van der Waals surface area contributed by atoms with E-state index in [-0.39, 0.29) is 5.91 Å². The molecule has 2 rings (SSSR count). The van der Waals surface area contributed by atoms with Crippen LogP contribution < -0.4 is 10.6 Å². The number of carbonyl (C=O) groups excluding carboxylic acids is 1. The summed E-state index contributed by atoms with van der Waals surface area (Å²) in [6.07, 6.45) is 0.314. The molecular weight excluding hydrogens is 375 g/mol. The highest BCUT2D eigenvalue weighted by Gasteiger charge is 2.09. The van der Waals surface area contributed by atoms with E-state index in [1.807, 2.05) is 24.3 Å². The van der Waals surface area contributed by atoms with E-state index in [0.717, 1.165) is 10.2 Å². The molecule has 0 spiro atoms. The van der Waals surface area contributed by atoms with Crippen LogP contribution in [0.15, 0.2) is 46.9 Å². The standard InChI is InChI=1S/C15H13BrCl2N2O/c16-10-3-1-4-11(9-10)19-8-7-14(21)20-15-12(17)5-2-6-13(15)18/h1-6,9,19H,7-8H2,(H,20,21). The third-order valence-electron chi connectivity index (χ3n) is 2.73. The molecule has 0 unspecified atom stereocenters. The summed E-state index contributed by atoms with van der Waals surface area (Å²) in [5.41, 5.74) is 1.40. The van der Waals surface area contributed by atoms with Crippen LogP contribution in [0.25, 0.3) is 0 Å². The Labute approximate surface area is 141 Å². The van der Waals surface area contributed by atoms with Crippen LogP contribution in [0.4, 0.5) is 11.4 Å². The smallest absolute Gasteiger partial charge is 0.226 e. The van der Waals surface area contributed by atoms with Crippen LogP contribution in [0.2, 0.25) is 10.0 Å². The first kappa shape index (κ1) is 16.1. The molecule has 0 radical (unpaired) electrons. The fourth-order valence-corrected chi connectivity index (χ4v) is 2.63. The highest BCUT2D eigenvalue weighted by molar-refractivity contribution is 9.10. The molecule has 21 heavy (non-hydrogen) atoms. The average molecular weight is 388 g/mol. The minimum absolute atomic E-state index is 0.146. The highest BCUT2D eigenvalue weighted by atomic mass is 79.9. The first-order valence-electron chi connectivity index (χ1n) is 6.29. The monoisotopic (exact) mass is 386 g/mol. The van der Waals surface area contributed by atoms with Gasteiger partial charge in [0.1, 0.15) is 0 Å². The Hall–Kier alpha value is -1.23. The van der Waals surface area contributed by atoms with E-state index in [9.17, 15) is 4.79 Å². The van der Waals surface area contributed by atoms with Crippen LogP contribution in [0.5, 0.6) is 0 Å². The van der Waals surface area contributed by atoms with Gasteiger partial charge in [0.15, 0.2) is 0 Å². The summed E-state index contributed by atoms with van der Waals surface area (Å²) in [6.45, 7) is 0.518. The van der Waals surface area contributed by atoms with Gasteiger partial charge in [0.25, 0.3) is 0 Å². The van der Waals surface area contributed by atoms with Crippen LogP contribution in [0.1, 0.15) is 6.42 Å². The van der Waals surface area contributed by atoms with Gasteiger partial charge < -0.3 is 10.6 Å². The van der Waals surface area contributed by atoms with Gasteiger partial charge in [-0.3, -0.25) is 4.79 Å². The number of hydrogen-bond acceptors (Lipinski definition) is 2. The molecule has 0 saturated heterocycles. The Bertz CT molecular complexity index is 629. The van der Waals surface area contributed by atoms with Crippen LogP contribution >= 0.6 is 39.1 Å². The van der Waals surface area contributed by atoms with Gasteiger partial charge in [0, 0.05) is 23.1 Å². The molecule has 2 N–H and O–H groups in total. The summed E-state index contributed by atoms with van der Waals surface area (Å²) in [7, 11) is 0. The van der Waals surface area contributed by atoms with Gasteiger partial charge in [-0.15, -0.1) is 0 Å². The Morgan fingerprint density at radius 3 is 2.43 bits per heavy atom. The second kappa shape index (κ2) is 7.69. The van der Waals surface area contributed by atoms with Gasteiger partial charge in [-0.1, -0.05) is 51.3 Å². The lowest BCUT2D eigenvalue weighted by atomic mass is 10.3. The van der Waals surface area contributed by atoms with Crippen LogP contribution in [-0.4, -0.2) is 12.5 Å². The summed E-state index contributed by atoms with van der Waals surface area (Å²) in [5, 5.41) is 6.75. The van der Waals surface area contributed by atoms with Gasteiger partial charge in [-0.25, -0.2) is 0 Å². The highest BCUT2D eigenvalue weighted by Crippen LogP contribution is 2.29. The number of rotatable bonds is 5. The Morgan fingerprint density at radius 1 is 1.10 bits per heavy atom. The Kier molecular flexibility index (Phi) is 5.91. The zero-order valence-electron chi connectivity index (χ0n) is 11.0. The number of anilines is 2. The van der Waals surface area contributed by atoms with E-state index in [4.69, 9.17) is 23.2 Å². The molecule has 0 aliphatic heterocycles. The molecule has 0 aromatic heterocycles. The van der Waals surface area contributed by atoms with Crippen molar-refractivity contribution in [2.24, 2.45) is 0 Å². The largest absolute Gasteiger partial charge is 0.384 e. The summed E-state index contributed by atoms with van der Waals surface area (Å²) in [5.74, 6) is -0.146. The van der Waals surface area contributed by atoms with Crippen molar-refractivity contribution in [2.45, 2.75) is 6.42 Å². The molecule has 0 aliphatic carbocycles. The molecule has 1 amide bonds. The lowest BCUT2D eigenvalue weighted by Crippen LogP contribution is -2.16. The molecule has 0 heterocycles. The maximum atomic E-state index is 11.9. The number of benzene rings is 2. The van der Waals surface area contributed by atoms with E-state index >= 15 is 0 Å². The van der Waals surface area contributed by atoms with Crippen molar-refractivity contribution in [3.63, 3.8) is 0 Å². The topological polar surface area (TPSA) is 41.1 Å². The van der Waals surface area contributed by atoms with Crippen molar-refractivity contribution in [1.29, 1.82) is 0 Å². The van der Waals surface area contributed by atoms with Crippen LogP contribution in [0.3, 0.4) is 0 Å². The molecule has 2 aromatic rings. The molecule has 0 fully saturated rings. The van der Waals surface area contributed by atoms with Crippen LogP contribution in [-0.2, 0) is 4.79 Å². The molecule has 0 atom stereocenters. The summed E-state index contributed by atoms with van der Waals surface area (Å²) < 4.78 is 0.986. The van der Waals surface area contributed by atoms with Crippen LogP contribution in [0, 0.1) is 0 Å². The Morgan fingerprint density at radius 2 is 1.76 bits per heavy atom. The SMILES string of the molecule is O=C(CCNc1cccc(Br)c1)Nc1c(Cl)cccc1Cl. The maximum Gasteiger partial charge on any atom is 0.226 e. The van der Waals surface area contributed by atoms with Crippen molar-refractivity contribution >= 4 is 56.4 Å². The second-order valence-electron chi connectivity index (χ2n) is 4.33. The van der Waals surface area contributed by atoms with Crippen molar-refractivity contribution < 1.29 is 4.79 Å². The maximum absolute atomic E-state index is 11.9. The molecule has 2 aromatic carbocycles. The number of nitrogens with one attached hydrogen (secondary N) is 2. The molecule has 0 bridgehead atoms. The number of carbonyl (C=O) groups is 1. The molecular formula is C15H13BrCl2N2O. The summed E-state index contributed by atoms with van der Waals surface area (Å²) in [6, 6.07) is 12.9. The number of hydrogen-bond donors (Lipinski definition) is 2. The van der Waals surface area contributed by atoms with Gasteiger partial charge in [-0.2, -0.15) is 0 Å². The molecule has 0 saturated carbocycles. The minimum Gasteiger partial charge on any atom is -0.384 e. The number of halogens is 3. The predicted octanol–water partition coefficient (Wildman–Crippen LogP) is 5.20. The van der Waals surface area contributed by atoms with Crippen molar-refractivity contribution in [1.82, 2.24) is 0 Å². The fraction of sp³-hybridized carbons (Fsp3) is 0.133. The second-order valence-corrected chi connectivity index (χ2v) is 6.06. The molecule has 3 nitrogen and oxygen atoms in total. The van der Waals surface area contributed by atoms with E-state index in [2.05, 4.69) is 26.6 Å². The van der Waals surface area contributed by atoms with E-state index in [0.29, 0.717) is 28.7 Å². The molecule has 0 aliphatic rings. The van der Waals surface area contributed by atoms with Crippen molar-refractivity contribution in [3.8, 4) is 0 Å². The predicted molar refractivity (Wildman–Crippen MR) is 92.3 cm³/mol. The third kappa shape index (κ3) is 4.92. The van der Waals surface area contributed by atoms with Gasteiger partial charge in [-0.05, 0) is 30.3 Å². The quantitative estimate of drug-likeness (QED) is 0.740. The van der Waals surface area contributed by atoms with Gasteiger partial charge in [0.2, 0.25) is 5.91 Å². The first-order chi connectivity index (χ1) is 10.1. The lowest BCUT2D eigenvalue weighted by Gasteiger charge is -2.10. The Balaban J connectivity index is 1.85. The van der Waals surface area contributed by atoms with E-state index < -0.39 is 0 Å².